The maximum absolute atomic E-state index is 13.4. The number of rotatable bonds is 5. The van der Waals surface area contributed by atoms with Crippen LogP contribution in [0.5, 0.6) is 5.75 Å². The maximum atomic E-state index is 13.4. The van der Waals surface area contributed by atoms with Crippen molar-refractivity contribution in [3.05, 3.63) is 65.0 Å². The molecule has 0 aliphatic rings. The molecule has 5 heteroatoms. The van der Waals surface area contributed by atoms with Crippen molar-refractivity contribution >= 4 is 5.96 Å². The van der Waals surface area contributed by atoms with Gasteiger partial charge in [0.2, 0.25) is 0 Å². The number of hydrogen-bond acceptors (Lipinski definition) is 2. The fourth-order valence-corrected chi connectivity index (χ4v) is 2.37. The number of phenolic OH excluding ortho intramolecular Hbond substituents is 1. The molecule has 0 heterocycles. The van der Waals surface area contributed by atoms with Gasteiger partial charge in [-0.15, -0.1) is 0 Å². The molecule has 0 saturated carbocycles. The third-order valence-corrected chi connectivity index (χ3v) is 3.94. The topological polar surface area (TPSA) is 56.7 Å². The van der Waals surface area contributed by atoms with Crippen molar-refractivity contribution in [2.24, 2.45) is 4.99 Å². The lowest BCUT2D eigenvalue weighted by atomic mass is 10.1. The van der Waals surface area contributed by atoms with Gasteiger partial charge in [-0.05, 0) is 42.2 Å². The van der Waals surface area contributed by atoms with Gasteiger partial charge in [0.05, 0.1) is 6.04 Å². The molecule has 128 valence electrons. The Hall–Kier alpha value is -2.56. The average molecular weight is 329 g/mol. The van der Waals surface area contributed by atoms with E-state index in [4.69, 9.17) is 0 Å². The summed E-state index contributed by atoms with van der Waals surface area (Å²) >= 11 is 0. The molecule has 0 aliphatic carbocycles. The van der Waals surface area contributed by atoms with Gasteiger partial charge in [0.1, 0.15) is 0 Å². The van der Waals surface area contributed by atoms with Crippen LogP contribution in [0.3, 0.4) is 0 Å². The second-order valence-corrected chi connectivity index (χ2v) is 5.67. The summed E-state index contributed by atoms with van der Waals surface area (Å²) in [4.78, 5) is 4.19. The zero-order valence-corrected chi connectivity index (χ0v) is 14.3. The minimum atomic E-state index is -0.623. The summed E-state index contributed by atoms with van der Waals surface area (Å²) in [6.07, 6.45) is 1.02. The summed E-state index contributed by atoms with van der Waals surface area (Å²) in [5.74, 6) is -0.331. The Morgan fingerprint density at radius 3 is 2.42 bits per heavy atom. The van der Waals surface area contributed by atoms with Crippen LogP contribution in [-0.2, 0) is 13.0 Å². The molecule has 4 nitrogen and oxygen atoms in total. The van der Waals surface area contributed by atoms with Gasteiger partial charge in [-0.1, -0.05) is 37.3 Å². The predicted octanol–water partition coefficient (Wildman–Crippen LogP) is 3.52. The van der Waals surface area contributed by atoms with E-state index in [1.807, 2.05) is 0 Å². The lowest BCUT2D eigenvalue weighted by molar-refractivity contribution is 0.431. The van der Waals surface area contributed by atoms with Crippen molar-refractivity contribution in [3.8, 4) is 5.75 Å². The van der Waals surface area contributed by atoms with Crippen LogP contribution in [0, 0.1) is 5.82 Å². The number of halogens is 1. The van der Waals surface area contributed by atoms with Crippen molar-refractivity contribution in [1.29, 1.82) is 0 Å². The molecule has 0 aromatic heterocycles. The molecule has 2 aromatic rings. The molecule has 0 aliphatic heterocycles. The van der Waals surface area contributed by atoms with Gasteiger partial charge in [0.25, 0.3) is 0 Å². The standard InChI is InChI=1S/C19H24FN3O/c1-4-14-5-8-16(9-6-14)13(2)23-19(21-3)22-12-15-7-10-18(24)17(20)11-15/h5-11,13,24H,4,12H2,1-3H3,(H2,21,22,23). The third-order valence-electron chi connectivity index (χ3n) is 3.94. The minimum Gasteiger partial charge on any atom is -0.505 e. The molecule has 0 bridgehead atoms. The highest BCUT2D eigenvalue weighted by Crippen LogP contribution is 2.16. The first-order valence-electron chi connectivity index (χ1n) is 8.07. The summed E-state index contributed by atoms with van der Waals surface area (Å²) in [7, 11) is 1.69. The Labute approximate surface area is 142 Å². The molecule has 1 atom stereocenters. The number of aromatic hydroxyl groups is 1. The monoisotopic (exact) mass is 329 g/mol. The first-order valence-corrected chi connectivity index (χ1v) is 8.07. The van der Waals surface area contributed by atoms with E-state index in [1.54, 1.807) is 13.1 Å². The van der Waals surface area contributed by atoms with Crippen molar-refractivity contribution in [3.63, 3.8) is 0 Å². The largest absolute Gasteiger partial charge is 0.505 e. The fraction of sp³-hybridized carbons (Fsp3) is 0.316. The molecule has 0 spiro atoms. The fourth-order valence-electron chi connectivity index (χ4n) is 2.37. The summed E-state index contributed by atoms with van der Waals surface area (Å²) in [5, 5.41) is 15.7. The van der Waals surface area contributed by atoms with Crippen LogP contribution in [0.15, 0.2) is 47.5 Å². The first kappa shape index (κ1) is 17.8. The normalized spacial score (nSPS) is 12.8. The van der Waals surface area contributed by atoms with E-state index in [0.29, 0.717) is 12.5 Å². The quantitative estimate of drug-likeness (QED) is 0.581. The molecule has 3 N–H and O–H groups in total. The summed E-state index contributed by atoms with van der Waals surface area (Å²) in [6.45, 7) is 4.61. The van der Waals surface area contributed by atoms with E-state index >= 15 is 0 Å². The van der Waals surface area contributed by atoms with Gasteiger partial charge >= 0.3 is 0 Å². The van der Waals surface area contributed by atoms with Crippen LogP contribution in [0.25, 0.3) is 0 Å². The second kappa shape index (κ2) is 8.34. The smallest absolute Gasteiger partial charge is 0.191 e. The van der Waals surface area contributed by atoms with Gasteiger partial charge in [-0.25, -0.2) is 4.39 Å². The molecule has 0 amide bonds. The molecular weight excluding hydrogens is 305 g/mol. The van der Waals surface area contributed by atoms with Gasteiger partial charge in [-0.3, -0.25) is 4.99 Å². The zero-order chi connectivity index (χ0) is 17.5. The molecule has 2 rings (SSSR count). The summed E-state index contributed by atoms with van der Waals surface area (Å²) in [5.41, 5.74) is 3.21. The third kappa shape index (κ3) is 4.72. The Balaban J connectivity index is 1.94. The Morgan fingerprint density at radius 2 is 1.83 bits per heavy atom. The molecule has 1 unspecified atom stereocenters. The molecule has 2 aromatic carbocycles. The van der Waals surface area contributed by atoms with Gasteiger partial charge in [0.15, 0.2) is 17.5 Å². The van der Waals surface area contributed by atoms with E-state index in [1.165, 1.54) is 23.3 Å². The van der Waals surface area contributed by atoms with E-state index in [2.05, 4.69) is 53.7 Å². The molecule has 0 saturated heterocycles. The summed E-state index contributed by atoms with van der Waals surface area (Å²) < 4.78 is 13.4. The number of hydrogen-bond donors (Lipinski definition) is 3. The van der Waals surface area contributed by atoms with Crippen molar-refractivity contribution in [1.82, 2.24) is 10.6 Å². The number of nitrogens with one attached hydrogen (secondary N) is 2. The van der Waals surface area contributed by atoms with Crippen LogP contribution in [0.4, 0.5) is 4.39 Å². The molecular formula is C19H24FN3O. The van der Waals surface area contributed by atoms with Crippen LogP contribution in [-0.4, -0.2) is 18.1 Å². The average Bonchev–Trinajstić information content (AvgIpc) is 2.61. The lowest BCUT2D eigenvalue weighted by Crippen LogP contribution is -2.38. The number of phenols is 1. The van der Waals surface area contributed by atoms with E-state index in [0.717, 1.165) is 12.0 Å². The Bertz CT molecular complexity index is 698. The second-order valence-electron chi connectivity index (χ2n) is 5.67. The van der Waals surface area contributed by atoms with E-state index < -0.39 is 5.82 Å². The maximum Gasteiger partial charge on any atom is 0.191 e. The highest BCUT2D eigenvalue weighted by atomic mass is 19.1. The lowest BCUT2D eigenvalue weighted by Gasteiger charge is -2.18. The summed E-state index contributed by atoms with van der Waals surface area (Å²) in [6, 6.07) is 12.9. The zero-order valence-electron chi connectivity index (χ0n) is 14.3. The molecule has 24 heavy (non-hydrogen) atoms. The minimum absolute atomic E-state index is 0.0960. The van der Waals surface area contributed by atoms with Gasteiger partial charge in [0, 0.05) is 13.6 Å². The number of nitrogens with zero attached hydrogens (tertiary/aromatic N) is 1. The Morgan fingerprint density at radius 1 is 1.17 bits per heavy atom. The number of guanidine groups is 1. The van der Waals surface area contributed by atoms with Crippen molar-refractivity contribution in [2.75, 3.05) is 7.05 Å². The SMILES string of the molecule is CCc1ccc(C(C)NC(=NC)NCc2ccc(O)c(F)c2)cc1. The van der Waals surface area contributed by atoms with Crippen molar-refractivity contribution < 1.29 is 9.50 Å². The van der Waals surface area contributed by atoms with Crippen LogP contribution >= 0.6 is 0 Å². The van der Waals surface area contributed by atoms with E-state index in [9.17, 15) is 9.50 Å². The molecule has 0 radical (unpaired) electrons. The van der Waals surface area contributed by atoms with Gasteiger partial charge < -0.3 is 15.7 Å². The van der Waals surface area contributed by atoms with Crippen LogP contribution < -0.4 is 10.6 Å². The number of aliphatic imine (C=N–C) groups is 1. The predicted molar refractivity (Wildman–Crippen MR) is 95.6 cm³/mol. The number of benzene rings is 2. The highest BCUT2D eigenvalue weighted by molar-refractivity contribution is 5.80. The molecule has 0 fully saturated rings. The van der Waals surface area contributed by atoms with Gasteiger partial charge in [-0.2, -0.15) is 0 Å². The van der Waals surface area contributed by atoms with Crippen LogP contribution in [0.1, 0.15) is 36.6 Å². The number of aryl methyl sites for hydroxylation is 1. The Kier molecular flexibility index (Phi) is 6.18. The van der Waals surface area contributed by atoms with Crippen LogP contribution in [0.2, 0.25) is 0 Å². The van der Waals surface area contributed by atoms with E-state index in [-0.39, 0.29) is 11.8 Å². The highest BCUT2D eigenvalue weighted by Gasteiger charge is 2.08. The first-order chi connectivity index (χ1) is 11.5. The van der Waals surface area contributed by atoms with Crippen molar-refractivity contribution in [2.45, 2.75) is 32.9 Å².